The van der Waals surface area contributed by atoms with Crippen LogP contribution in [-0.4, -0.2) is 90.2 Å². The first kappa shape index (κ1) is 26.7. The summed E-state index contributed by atoms with van der Waals surface area (Å²) in [5.74, 6) is 0. The molecule has 0 amide bonds. The van der Waals surface area contributed by atoms with E-state index in [2.05, 4.69) is 27.9 Å². The van der Waals surface area contributed by atoms with Crippen LogP contribution in [0.1, 0.15) is 26.7 Å². The topological polar surface area (TPSA) is 55.4 Å². The molecule has 10 heteroatoms. The Balaban J connectivity index is 0. The molecule has 0 aromatic rings. The Bertz CT molecular complexity index is 297. The van der Waals surface area contributed by atoms with Gasteiger partial charge in [0.15, 0.2) is 11.3 Å². The predicted octanol–water partition coefficient (Wildman–Crippen LogP) is -1.54. The van der Waals surface area contributed by atoms with Gasteiger partial charge >= 0.3 is 17.6 Å². The van der Waals surface area contributed by atoms with Crippen LogP contribution in [0.4, 0.5) is 0 Å². The lowest BCUT2D eigenvalue weighted by atomic mass is 10.3. The highest BCUT2D eigenvalue weighted by Gasteiger charge is 2.64. The molecule has 0 aliphatic carbocycles. The largest absolute Gasteiger partial charge is 1.00 e. The van der Waals surface area contributed by atoms with E-state index < -0.39 is 17.6 Å². The summed E-state index contributed by atoms with van der Waals surface area (Å²) in [6, 6.07) is 0. The number of nitrogens with zero attached hydrogens (tertiary/aromatic N) is 1. The third-order valence-electron chi connectivity index (χ3n) is 4.90. The van der Waals surface area contributed by atoms with Gasteiger partial charge in [0.25, 0.3) is 0 Å². The minimum Gasteiger partial charge on any atom is -1.00 e. The Morgan fingerprint density at radius 3 is 0.958 bits per heavy atom. The van der Waals surface area contributed by atoms with Gasteiger partial charge in [0.2, 0.25) is 0 Å². The highest BCUT2D eigenvalue weighted by atomic mass is 35.5. The number of hydrogen-bond acceptors (Lipinski definition) is 6. The lowest BCUT2D eigenvalue weighted by molar-refractivity contribution is -0.921. The van der Waals surface area contributed by atoms with Crippen LogP contribution in [0.2, 0.25) is 0 Å². The van der Waals surface area contributed by atoms with Gasteiger partial charge < -0.3 is 43.4 Å². The van der Waals surface area contributed by atoms with Crippen molar-refractivity contribution in [3.05, 3.63) is 0 Å². The molecule has 2 unspecified atom stereocenters. The molecule has 0 fully saturated rings. The van der Waals surface area contributed by atoms with E-state index in [1.165, 1.54) is 0 Å². The Kier molecular flexibility index (Phi) is 12.5. The second-order valence-corrected chi connectivity index (χ2v) is 12.1. The quantitative estimate of drug-likeness (QED) is 0.290. The van der Waals surface area contributed by atoms with Gasteiger partial charge in [0.05, 0.1) is 14.1 Å². The fourth-order valence-corrected chi connectivity index (χ4v) is 9.56. The first-order valence-corrected chi connectivity index (χ1v) is 11.5. The molecule has 24 heavy (non-hydrogen) atoms. The average molecular weight is 406 g/mol. The molecule has 0 saturated carbocycles. The molecule has 0 N–H and O–H groups in total. The Morgan fingerprint density at radius 1 is 0.625 bits per heavy atom. The van der Waals surface area contributed by atoms with Crippen molar-refractivity contribution in [3.8, 4) is 0 Å². The van der Waals surface area contributed by atoms with Crippen LogP contribution >= 0.6 is 0 Å². The first-order chi connectivity index (χ1) is 10.7. The average Bonchev–Trinajstić information content (AvgIpc) is 2.57. The van der Waals surface area contributed by atoms with Gasteiger partial charge in [-0.15, -0.1) is 0 Å². The second-order valence-electron chi connectivity index (χ2n) is 5.91. The molecule has 0 heterocycles. The fourth-order valence-electron chi connectivity index (χ4n) is 3.79. The van der Waals surface area contributed by atoms with Crippen LogP contribution in [0.25, 0.3) is 0 Å². The lowest BCUT2D eigenvalue weighted by Gasteiger charge is -2.50. The van der Waals surface area contributed by atoms with Crippen LogP contribution in [0.15, 0.2) is 0 Å². The Hall–Kier alpha value is 0.444. The molecular formula is C14H36ClNO6Si2. The van der Waals surface area contributed by atoms with E-state index >= 15 is 0 Å². The van der Waals surface area contributed by atoms with Crippen molar-refractivity contribution in [2.45, 2.75) is 38.0 Å². The van der Waals surface area contributed by atoms with Gasteiger partial charge in [-0.1, -0.05) is 13.8 Å². The van der Waals surface area contributed by atoms with Crippen LogP contribution in [-0.2, 0) is 26.6 Å². The van der Waals surface area contributed by atoms with Gasteiger partial charge in [0.1, 0.15) is 0 Å². The standard InChI is InChI=1S/C14H36NO6Si2.ClH/c1-11-13(22(16-5,17-6)18-7)15(3,4)14(12-2)23(19-8,20-9)21-10;/h13-14H,11-12H2,1-10H3;1H/q+1;/p-1. The minimum absolute atomic E-state index is 0. The monoisotopic (exact) mass is 405 g/mol. The maximum absolute atomic E-state index is 5.76. The molecule has 0 bridgehead atoms. The van der Waals surface area contributed by atoms with E-state index in [1.807, 2.05) is 0 Å². The summed E-state index contributed by atoms with van der Waals surface area (Å²) in [6.45, 7) is 4.23. The van der Waals surface area contributed by atoms with Gasteiger partial charge in [-0.25, -0.2) is 0 Å². The van der Waals surface area contributed by atoms with Gasteiger partial charge in [-0.05, 0) is 0 Å². The van der Waals surface area contributed by atoms with Crippen molar-refractivity contribution in [2.24, 2.45) is 0 Å². The highest BCUT2D eigenvalue weighted by molar-refractivity contribution is 6.63. The lowest BCUT2D eigenvalue weighted by Crippen LogP contribution is -3.00. The third kappa shape index (κ3) is 4.78. The normalized spacial score (nSPS) is 15.8. The van der Waals surface area contributed by atoms with Crippen LogP contribution in [0.5, 0.6) is 0 Å². The molecule has 0 saturated heterocycles. The number of hydrogen-bond donors (Lipinski definition) is 0. The molecule has 0 radical (unpaired) electrons. The summed E-state index contributed by atoms with van der Waals surface area (Å²) in [6.07, 6.45) is 1.68. The summed E-state index contributed by atoms with van der Waals surface area (Å²) in [5.41, 5.74) is 0.0551. The van der Waals surface area contributed by atoms with Gasteiger partial charge in [-0.3, -0.25) is 0 Å². The summed E-state index contributed by atoms with van der Waals surface area (Å²) in [7, 11) is 8.47. The molecule has 0 aliphatic rings. The van der Waals surface area contributed by atoms with Gasteiger partial charge in [-0.2, -0.15) is 0 Å². The van der Waals surface area contributed by atoms with E-state index in [9.17, 15) is 0 Å². The SMILES string of the molecule is CCC([N+](C)(C)C(CC)[Si](OC)(OC)OC)[Si](OC)(OC)OC.[Cl-]. The predicted molar refractivity (Wildman–Crippen MR) is 93.8 cm³/mol. The third-order valence-corrected chi connectivity index (χ3v) is 12.1. The molecule has 0 aliphatic heterocycles. The minimum atomic E-state index is -2.85. The van der Waals surface area contributed by atoms with Gasteiger partial charge in [0, 0.05) is 55.5 Å². The van der Waals surface area contributed by atoms with Crippen molar-refractivity contribution < 1.29 is 43.4 Å². The van der Waals surface area contributed by atoms with E-state index in [4.69, 9.17) is 26.6 Å². The molecule has 7 nitrogen and oxygen atoms in total. The second kappa shape index (κ2) is 11.2. The zero-order valence-electron chi connectivity index (χ0n) is 16.8. The summed E-state index contributed by atoms with van der Waals surface area (Å²) in [4.78, 5) is 0. The van der Waals surface area contributed by atoms with Crippen molar-refractivity contribution >= 4 is 17.6 Å². The number of halogens is 1. The summed E-state index contributed by atoms with van der Waals surface area (Å²) in [5, 5.41) is 0. The first-order valence-electron chi connectivity index (χ1n) is 7.89. The molecule has 2 atom stereocenters. The molecule has 0 spiro atoms. The van der Waals surface area contributed by atoms with Crippen molar-refractivity contribution in [1.29, 1.82) is 0 Å². The van der Waals surface area contributed by atoms with Crippen molar-refractivity contribution in [1.82, 2.24) is 0 Å². The van der Waals surface area contributed by atoms with Crippen molar-refractivity contribution in [2.75, 3.05) is 56.8 Å². The maximum atomic E-state index is 5.76. The van der Waals surface area contributed by atoms with Crippen LogP contribution < -0.4 is 12.4 Å². The fraction of sp³-hybridized carbons (Fsp3) is 1.00. The van der Waals surface area contributed by atoms with Crippen LogP contribution in [0.3, 0.4) is 0 Å². The molecule has 0 rings (SSSR count). The number of rotatable bonds is 12. The smallest absolute Gasteiger partial charge is 0.561 e. The zero-order valence-corrected chi connectivity index (χ0v) is 19.6. The van der Waals surface area contributed by atoms with E-state index in [0.29, 0.717) is 4.48 Å². The van der Waals surface area contributed by atoms with E-state index in [0.717, 1.165) is 12.8 Å². The molecule has 0 aromatic carbocycles. The molecular weight excluding hydrogens is 370 g/mol. The zero-order chi connectivity index (χ0) is 18.3. The summed E-state index contributed by atoms with van der Waals surface area (Å²) < 4.78 is 35.1. The Morgan fingerprint density at radius 2 is 0.833 bits per heavy atom. The van der Waals surface area contributed by atoms with E-state index in [1.54, 1.807) is 42.7 Å². The Labute approximate surface area is 156 Å². The van der Waals surface area contributed by atoms with E-state index in [-0.39, 0.29) is 23.7 Å². The molecule has 0 aromatic heterocycles. The maximum Gasteiger partial charge on any atom is 0.561 e. The highest BCUT2D eigenvalue weighted by Crippen LogP contribution is 2.32. The van der Waals surface area contributed by atoms with Crippen LogP contribution in [0, 0.1) is 0 Å². The summed E-state index contributed by atoms with van der Waals surface area (Å²) >= 11 is 0. The molecule has 148 valence electrons. The van der Waals surface area contributed by atoms with Crippen molar-refractivity contribution in [3.63, 3.8) is 0 Å². The number of quaternary nitrogens is 1.